The van der Waals surface area contributed by atoms with E-state index in [2.05, 4.69) is 36.9 Å². The van der Waals surface area contributed by atoms with Crippen LogP contribution in [0.3, 0.4) is 0 Å². The number of nitrogens with one attached hydrogen (secondary N) is 1. The topological polar surface area (TPSA) is 92.5 Å². The fourth-order valence-electron chi connectivity index (χ4n) is 3.97. The molecule has 34 heavy (non-hydrogen) atoms. The molecule has 0 amide bonds. The summed E-state index contributed by atoms with van der Waals surface area (Å²) in [5.74, 6) is 3.46. The number of piperazine rings is 1. The fraction of sp³-hybridized carbons (Fsp3) is 0.375. The highest BCUT2D eigenvalue weighted by Gasteiger charge is 2.22. The van der Waals surface area contributed by atoms with Gasteiger partial charge in [0.2, 0.25) is 5.95 Å². The van der Waals surface area contributed by atoms with Crippen LogP contribution in [-0.2, 0) is 4.74 Å². The van der Waals surface area contributed by atoms with Crippen LogP contribution >= 0.6 is 11.6 Å². The Morgan fingerprint density at radius 1 is 1.00 bits per heavy atom. The Morgan fingerprint density at radius 2 is 1.74 bits per heavy atom. The average Bonchev–Trinajstić information content (AvgIpc) is 3.43. The summed E-state index contributed by atoms with van der Waals surface area (Å²) in [7, 11) is 1.67. The molecule has 1 N–H and O–H groups in total. The van der Waals surface area contributed by atoms with E-state index in [1.54, 1.807) is 7.11 Å². The van der Waals surface area contributed by atoms with E-state index in [1.165, 1.54) is 5.69 Å². The van der Waals surface area contributed by atoms with Gasteiger partial charge in [0, 0.05) is 39.0 Å². The first-order valence-electron chi connectivity index (χ1n) is 11.2. The number of hydrogen-bond donors (Lipinski definition) is 1. The van der Waals surface area contributed by atoms with Gasteiger partial charge >= 0.3 is 0 Å². The Morgan fingerprint density at radius 3 is 2.41 bits per heavy atom. The SMILES string of the molecule is COCCOc1ccc(N2CCN(c3nc4nc(-c5cc(C)c(C)o5)nc(Cl)c4[nH]3)CC2)cc1. The van der Waals surface area contributed by atoms with Crippen LogP contribution in [0.4, 0.5) is 11.6 Å². The van der Waals surface area contributed by atoms with Crippen LogP contribution in [0.1, 0.15) is 11.3 Å². The van der Waals surface area contributed by atoms with Crippen LogP contribution in [0.5, 0.6) is 5.75 Å². The van der Waals surface area contributed by atoms with Gasteiger partial charge in [0.15, 0.2) is 22.4 Å². The maximum atomic E-state index is 6.46. The first kappa shape index (κ1) is 22.5. The second kappa shape index (κ2) is 9.52. The van der Waals surface area contributed by atoms with Crippen LogP contribution < -0.4 is 14.5 Å². The van der Waals surface area contributed by atoms with Gasteiger partial charge < -0.3 is 28.7 Å². The van der Waals surface area contributed by atoms with Gasteiger partial charge in [0.1, 0.15) is 23.6 Å². The number of aromatic amines is 1. The van der Waals surface area contributed by atoms with Crippen LogP contribution in [0.2, 0.25) is 5.15 Å². The summed E-state index contributed by atoms with van der Waals surface area (Å²) >= 11 is 6.46. The zero-order valence-corrected chi connectivity index (χ0v) is 20.2. The number of anilines is 2. The van der Waals surface area contributed by atoms with E-state index in [-0.39, 0.29) is 0 Å². The Balaban J connectivity index is 1.27. The van der Waals surface area contributed by atoms with E-state index >= 15 is 0 Å². The smallest absolute Gasteiger partial charge is 0.205 e. The normalized spacial score (nSPS) is 14.2. The molecule has 10 heteroatoms. The summed E-state index contributed by atoms with van der Waals surface area (Å²) in [6.07, 6.45) is 0. The van der Waals surface area contributed by atoms with E-state index in [1.807, 2.05) is 32.0 Å². The van der Waals surface area contributed by atoms with Gasteiger partial charge in [0.05, 0.1) is 6.61 Å². The van der Waals surface area contributed by atoms with Crippen molar-refractivity contribution in [1.82, 2.24) is 19.9 Å². The Labute approximate surface area is 202 Å². The highest BCUT2D eigenvalue weighted by Crippen LogP contribution is 2.28. The predicted octanol–water partition coefficient (Wildman–Crippen LogP) is 4.23. The van der Waals surface area contributed by atoms with E-state index in [9.17, 15) is 0 Å². The van der Waals surface area contributed by atoms with Gasteiger partial charge in [-0.25, -0.2) is 9.97 Å². The van der Waals surface area contributed by atoms with Crippen LogP contribution in [0.25, 0.3) is 22.7 Å². The van der Waals surface area contributed by atoms with Crippen molar-refractivity contribution in [3.8, 4) is 17.3 Å². The lowest BCUT2D eigenvalue weighted by Crippen LogP contribution is -2.46. The first-order chi connectivity index (χ1) is 16.5. The number of ether oxygens (including phenoxy) is 2. The molecule has 178 valence electrons. The Bertz CT molecular complexity index is 1260. The van der Waals surface area contributed by atoms with Gasteiger partial charge in [-0.3, -0.25) is 0 Å². The average molecular weight is 483 g/mol. The highest BCUT2D eigenvalue weighted by atomic mass is 35.5. The minimum Gasteiger partial charge on any atom is -0.491 e. The third kappa shape index (κ3) is 4.53. The molecule has 1 aromatic carbocycles. The molecular weight excluding hydrogens is 456 g/mol. The van der Waals surface area contributed by atoms with Crippen LogP contribution in [-0.4, -0.2) is 66.4 Å². The number of methoxy groups -OCH3 is 1. The molecule has 0 radical (unpaired) electrons. The second-order valence-electron chi connectivity index (χ2n) is 8.26. The third-order valence-corrected chi connectivity index (χ3v) is 6.29. The molecule has 0 aliphatic carbocycles. The number of H-pyrrole nitrogens is 1. The maximum Gasteiger partial charge on any atom is 0.205 e. The molecule has 1 aliphatic heterocycles. The van der Waals surface area contributed by atoms with Crippen molar-refractivity contribution in [1.29, 1.82) is 0 Å². The number of aromatic nitrogens is 4. The van der Waals surface area contributed by atoms with Gasteiger partial charge in [-0.2, -0.15) is 4.98 Å². The minimum atomic E-state index is 0.330. The van der Waals surface area contributed by atoms with Crippen LogP contribution in [0, 0.1) is 13.8 Å². The second-order valence-corrected chi connectivity index (χ2v) is 8.61. The molecule has 4 aromatic rings. The number of nitrogens with zero attached hydrogens (tertiary/aromatic N) is 5. The highest BCUT2D eigenvalue weighted by molar-refractivity contribution is 6.33. The van der Waals surface area contributed by atoms with Crippen molar-refractivity contribution >= 4 is 34.4 Å². The quantitative estimate of drug-likeness (QED) is 0.309. The number of furan rings is 1. The third-order valence-electron chi connectivity index (χ3n) is 6.02. The number of hydrogen-bond acceptors (Lipinski definition) is 8. The molecule has 1 saturated heterocycles. The Kier molecular flexibility index (Phi) is 6.30. The molecule has 0 unspecified atom stereocenters. The molecule has 1 fully saturated rings. The molecule has 4 heterocycles. The summed E-state index contributed by atoms with van der Waals surface area (Å²) in [4.78, 5) is 21.6. The van der Waals surface area contributed by atoms with Crippen LogP contribution in [0.15, 0.2) is 34.7 Å². The molecule has 1 aliphatic rings. The van der Waals surface area contributed by atoms with E-state index in [4.69, 9.17) is 30.5 Å². The summed E-state index contributed by atoms with van der Waals surface area (Å²) in [5.41, 5.74) is 3.38. The summed E-state index contributed by atoms with van der Waals surface area (Å²) in [6, 6.07) is 10.1. The predicted molar refractivity (Wildman–Crippen MR) is 132 cm³/mol. The molecule has 0 spiro atoms. The van der Waals surface area contributed by atoms with Crippen molar-refractivity contribution in [2.75, 3.05) is 56.3 Å². The maximum absolute atomic E-state index is 6.46. The number of aryl methyl sites for hydroxylation is 2. The van der Waals surface area contributed by atoms with Crippen molar-refractivity contribution in [3.05, 3.63) is 46.8 Å². The first-order valence-corrected chi connectivity index (χ1v) is 11.6. The largest absolute Gasteiger partial charge is 0.491 e. The van der Waals surface area contributed by atoms with Crippen molar-refractivity contribution in [2.24, 2.45) is 0 Å². The van der Waals surface area contributed by atoms with E-state index in [0.29, 0.717) is 41.1 Å². The lowest BCUT2D eigenvalue weighted by Gasteiger charge is -2.36. The molecule has 0 atom stereocenters. The number of halogens is 1. The van der Waals surface area contributed by atoms with Crippen molar-refractivity contribution < 1.29 is 13.9 Å². The number of rotatable bonds is 7. The molecule has 0 saturated carbocycles. The number of imidazole rings is 1. The molecule has 5 rings (SSSR count). The van der Waals surface area contributed by atoms with Gasteiger partial charge in [-0.05, 0) is 49.7 Å². The number of fused-ring (bicyclic) bond motifs is 1. The summed E-state index contributed by atoms with van der Waals surface area (Å²) < 4.78 is 16.4. The monoisotopic (exact) mass is 482 g/mol. The van der Waals surface area contributed by atoms with E-state index < -0.39 is 0 Å². The molecule has 3 aromatic heterocycles. The number of benzene rings is 1. The fourth-order valence-corrected chi connectivity index (χ4v) is 4.18. The molecule has 0 bridgehead atoms. The zero-order chi connectivity index (χ0) is 23.7. The van der Waals surface area contributed by atoms with E-state index in [0.717, 1.165) is 49.2 Å². The summed E-state index contributed by atoms with van der Waals surface area (Å²) in [5, 5.41) is 0.330. The lowest BCUT2D eigenvalue weighted by atomic mass is 10.2. The standard InChI is InChI=1S/C24H27ClN6O3/c1-15-14-19(34-16(15)2)22-27-21(25)20-23(28-22)29-24(26-20)31-10-8-30(9-11-31)17-4-6-18(7-5-17)33-13-12-32-3/h4-7,14H,8-13H2,1-3H3,(H,26,27,28,29). The van der Waals surface area contributed by atoms with Crippen molar-refractivity contribution in [3.63, 3.8) is 0 Å². The molecule has 9 nitrogen and oxygen atoms in total. The zero-order valence-electron chi connectivity index (χ0n) is 19.5. The summed E-state index contributed by atoms with van der Waals surface area (Å²) in [6.45, 7) is 8.40. The van der Waals surface area contributed by atoms with Crippen molar-refractivity contribution in [2.45, 2.75) is 13.8 Å². The van der Waals surface area contributed by atoms with Gasteiger partial charge in [0.25, 0.3) is 0 Å². The minimum absolute atomic E-state index is 0.330. The lowest BCUT2D eigenvalue weighted by molar-refractivity contribution is 0.146. The van der Waals surface area contributed by atoms with Gasteiger partial charge in [-0.1, -0.05) is 11.6 Å². The molecular formula is C24H27ClN6O3. The Hall–Kier alpha value is -3.30. The van der Waals surface area contributed by atoms with Gasteiger partial charge in [-0.15, -0.1) is 0 Å².